The Labute approximate surface area is 157 Å². The molecule has 0 unspecified atom stereocenters. The lowest BCUT2D eigenvalue weighted by molar-refractivity contribution is -0.660. The monoisotopic (exact) mass is 345 g/mol. The van der Waals surface area contributed by atoms with Crippen molar-refractivity contribution in [2.24, 2.45) is 7.05 Å². The van der Waals surface area contributed by atoms with E-state index < -0.39 is 0 Å². The van der Waals surface area contributed by atoms with Gasteiger partial charge in [0.2, 0.25) is 5.69 Å². The van der Waals surface area contributed by atoms with Gasteiger partial charge in [0.1, 0.15) is 7.05 Å². The lowest BCUT2D eigenvalue weighted by Gasteiger charge is -2.20. The van der Waals surface area contributed by atoms with Crippen molar-refractivity contribution in [3.05, 3.63) is 71.5 Å². The standard InChI is InChI=1S/C24H29N2/c1-16(2)19-10-9-11-20(17(3)4)24(19)22-14-18(5)21(15-25-22)23-12-7-8-13-26(23)6/h7-17H,1-6H3/q+1. The molecule has 3 aromatic rings. The highest BCUT2D eigenvalue weighted by molar-refractivity contribution is 5.72. The van der Waals surface area contributed by atoms with Gasteiger partial charge >= 0.3 is 0 Å². The fraction of sp³-hybridized carbons (Fsp3) is 0.333. The Bertz CT molecular complexity index is 897. The maximum Gasteiger partial charge on any atom is 0.214 e. The molecule has 0 aliphatic carbocycles. The summed E-state index contributed by atoms with van der Waals surface area (Å²) in [6, 6.07) is 15.2. The molecule has 0 bridgehead atoms. The van der Waals surface area contributed by atoms with Crippen molar-refractivity contribution >= 4 is 0 Å². The van der Waals surface area contributed by atoms with Crippen LogP contribution in [-0.4, -0.2) is 4.98 Å². The first kappa shape index (κ1) is 18.3. The zero-order chi connectivity index (χ0) is 18.8. The van der Waals surface area contributed by atoms with E-state index in [2.05, 4.69) is 94.9 Å². The van der Waals surface area contributed by atoms with Gasteiger partial charge in [0.25, 0.3) is 0 Å². The molecular formula is C24H29N2+. The summed E-state index contributed by atoms with van der Waals surface area (Å²) < 4.78 is 2.14. The average Bonchev–Trinajstić information content (AvgIpc) is 2.61. The number of aryl methyl sites for hydroxylation is 2. The molecule has 26 heavy (non-hydrogen) atoms. The van der Waals surface area contributed by atoms with E-state index in [0.717, 1.165) is 5.69 Å². The number of aromatic nitrogens is 2. The number of rotatable bonds is 4. The minimum Gasteiger partial charge on any atom is -0.255 e. The van der Waals surface area contributed by atoms with Crippen LogP contribution in [0, 0.1) is 6.92 Å². The highest BCUT2D eigenvalue weighted by Crippen LogP contribution is 2.36. The van der Waals surface area contributed by atoms with Gasteiger partial charge in [-0.3, -0.25) is 4.98 Å². The van der Waals surface area contributed by atoms with Gasteiger partial charge in [-0.2, -0.15) is 0 Å². The van der Waals surface area contributed by atoms with E-state index in [1.54, 1.807) is 0 Å². The predicted octanol–water partition coefficient (Wildman–Crippen LogP) is 5.80. The lowest BCUT2D eigenvalue weighted by Crippen LogP contribution is -2.30. The number of benzene rings is 1. The van der Waals surface area contributed by atoms with Gasteiger partial charge in [-0.05, 0) is 47.6 Å². The van der Waals surface area contributed by atoms with Crippen LogP contribution in [0.15, 0.2) is 54.9 Å². The van der Waals surface area contributed by atoms with Crippen LogP contribution in [0.25, 0.3) is 22.5 Å². The topological polar surface area (TPSA) is 16.8 Å². The molecule has 134 valence electrons. The van der Waals surface area contributed by atoms with Crippen molar-refractivity contribution in [3.63, 3.8) is 0 Å². The Morgan fingerprint density at radius 2 is 1.54 bits per heavy atom. The molecule has 0 fully saturated rings. The summed E-state index contributed by atoms with van der Waals surface area (Å²) in [7, 11) is 2.08. The van der Waals surface area contributed by atoms with E-state index in [4.69, 9.17) is 4.98 Å². The Kier molecular flexibility index (Phi) is 5.22. The summed E-state index contributed by atoms with van der Waals surface area (Å²) in [5.41, 5.74) is 8.77. The smallest absolute Gasteiger partial charge is 0.214 e. The van der Waals surface area contributed by atoms with Crippen LogP contribution < -0.4 is 4.57 Å². The summed E-state index contributed by atoms with van der Waals surface area (Å²) in [5.74, 6) is 0.940. The second-order valence-electron chi connectivity index (χ2n) is 7.70. The van der Waals surface area contributed by atoms with Crippen LogP contribution in [0.4, 0.5) is 0 Å². The Morgan fingerprint density at radius 3 is 2.08 bits per heavy atom. The van der Waals surface area contributed by atoms with Crippen LogP contribution in [0.1, 0.15) is 56.2 Å². The molecule has 1 aromatic carbocycles. The van der Waals surface area contributed by atoms with Crippen LogP contribution in [-0.2, 0) is 7.05 Å². The summed E-state index contributed by atoms with van der Waals surface area (Å²) in [4.78, 5) is 4.90. The molecule has 0 saturated carbocycles. The fourth-order valence-corrected chi connectivity index (χ4v) is 3.61. The summed E-state index contributed by atoms with van der Waals surface area (Å²) >= 11 is 0. The molecule has 0 saturated heterocycles. The number of hydrogen-bond acceptors (Lipinski definition) is 1. The molecule has 0 N–H and O–H groups in total. The predicted molar refractivity (Wildman–Crippen MR) is 109 cm³/mol. The number of hydrogen-bond donors (Lipinski definition) is 0. The van der Waals surface area contributed by atoms with Gasteiger partial charge in [-0.1, -0.05) is 45.9 Å². The van der Waals surface area contributed by atoms with Gasteiger partial charge in [-0.15, -0.1) is 0 Å². The molecule has 0 atom stereocenters. The molecule has 2 aromatic heterocycles. The van der Waals surface area contributed by atoms with Crippen molar-refractivity contribution < 1.29 is 4.57 Å². The highest BCUT2D eigenvalue weighted by atomic mass is 14.9. The fourth-order valence-electron chi connectivity index (χ4n) is 3.61. The summed E-state index contributed by atoms with van der Waals surface area (Å²) in [5, 5.41) is 0. The number of nitrogens with zero attached hydrogens (tertiary/aromatic N) is 2. The first-order chi connectivity index (χ1) is 12.4. The Balaban J connectivity index is 2.18. The molecule has 0 aliphatic rings. The van der Waals surface area contributed by atoms with Crippen molar-refractivity contribution in [3.8, 4) is 22.5 Å². The normalized spacial score (nSPS) is 11.4. The molecule has 0 amide bonds. The van der Waals surface area contributed by atoms with Gasteiger partial charge in [0.15, 0.2) is 6.20 Å². The van der Waals surface area contributed by atoms with Gasteiger partial charge in [0.05, 0.1) is 11.3 Å². The van der Waals surface area contributed by atoms with Crippen molar-refractivity contribution in [2.75, 3.05) is 0 Å². The van der Waals surface area contributed by atoms with Crippen LogP contribution in [0.5, 0.6) is 0 Å². The Morgan fingerprint density at radius 1 is 0.885 bits per heavy atom. The molecule has 3 rings (SSSR count). The first-order valence-corrected chi connectivity index (χ1v) is 9.45. The average molecular weight is 346 g/mol. The molecule has 0 spiro atoms. The third kappa shape index (κ3) is 3.41. The highest BCUT2D eigenvalue weighted by Gasteiger charge is 2.18. The minimum atomic E-state index is 0.470. The largest absolute Gasteiger partial charge is 0.255 e. The molecule has 0 aliphatic heterocycles. The molecule has 2 heterocycles. The summed E-state index contributed by atoms with van der Waals surface area (Å²) in [6.07, 6.45) is 4.11. The zero-order valence-corrected chi connectivity index (χ0v) is 16.7. The third-order valence-corrected chi connectivity index (χ3v) is 5.07. The van der Waals surface area contributed by atoms with Crippen LogP contribution in [0.2, 0.25) is 0 Å². The molecular weight excluding hydrogens is 316 g/mol. The summed E-state index contributed by atoms with van der Waals surface area (Å²) in [6.45, 7) is 11.2. The van der Waals surface area contributed by atoms with E-state index in [1.165, 1.54) is 33.5 Å². The minimum absolute atomic E-state index is 0.470. The maximum absolute atomic E-state index is 4.90. The molecule has 0 radical (unpaired) electrons. The third-order valence-electron chi connectivity index (χ3n) is 5.07. The van der Waals surface area contributed by atoms with E-state index >= 15 is 0 Å². The van der Waals surface area contributed by atoms with Crippen molar-refractivity contribution in [1.82, 2.24) is 4.98 Å². The van der Waals surface area contributed by atoms with Crippen LogP contribution in [0.3, 0.4) is 0 Å². The SMILES string of the molecule is Cc1cc(-c2c(C(C)C)cccc2C(C)C)ncc1-c1cccc[n+]1C. The second kappa shape index (κ2) is 7.41. The second-order valence-corrected chi connectivity index (χ2v) is 7.70. The van der Waals surface area contributed by atoms with E-state index in [9.17, 15) is 0 Å². The van der Waals surface area contributed by atoms with E-state index in [-0.39, 0.29) is 0 Å². The van der Waals surface area contributed by atoms with Gasteiger partial charge in [0, 0.05) is 23.9 Å². The number of pyridine rings is 2. The first-order valence-electron chi connectivity index (χ1n) is 9.45. The zero-order valence-electron chi connectivity index (χ0n) is 16.7. The molecule has 2 nitrogen and oxygen atoms in total. The maximum atomic E-state index is 4.90. The lowest BCUT2D eigenvalue weighted by atomic mass is 9.86. The molecule has 2 heteroatoms. The van der Waals surface area contributed by atoms with Crippen LogP contribution >= 0.6 is 0 Å². The Hall–Kier alpha value is -2.48. The van der Waals surface area contributed by atoms with Crippen molar-refractivity contribution in [2.45, 2.75) is 46.5 Å². The van der Waals surface area contributed by atoms with Gasteiger partial charge in [-0.25, -0.2) is 4.57 Å². The quantitative estimate of drug-likeness (QED) is 0.546. The van der Waals surface area contributed by atoms with E-state index in [0.29, 0.717) is 11.8 Å². The van der Waals surface area contributed by atoms with E-state index in [1.807, 2.05) is 6.20 Å². The van der Waals surface area contributed by atoms with Crippen molar-refractivity contribution in [1.29, 1.82) is 0 Å². The van der Waals surface area contributed by atoms with Gasteiger partial charge < -0.3 is 0 Å².